The van der Waals surface area contributed by atoms with Gasteiger partial charge in [-0.15, -0.1) is 0 Å². The summed E-state index contributed by atoms with van der Waals surface area (Å²) in [6, 6.07) is 8.96. The first-order valence-corrected chi connectivity index (χ1v) is 7.10. The van der Waals surface area contributed by atoms with Crippen LogP contribution in [0.2, 0.25) is 0 Å². The fourth-order valence-corrected chi connectivity index (χ4v) is 2.44. The predicted octanol–water partition coefficient (Wildman–Crippen LogP) is -1.21. The molecule has 1 heterocycles. The molecule has 3 N–H and O–H groups in total. The fraction of sp³-hybridized carbons (Fsp3) is 0.133. The van der Waals surface area contributed by atoms with Crippen LogP contribution in [0.15, 0.2) is 47.2 Å². The van der Waals surface area contributed by atoms with Gasteiger partial charge < -0.3 is 23.5 Å². The number of nitrogens with zero attached hydrogens (tertiary/aromatic N) is 1. The van der Waals surface area contributed by atoms with Crippen molar-refractivity contribution in [2.45, 2.75) is 13.5 Å². The van der Waals surface area contributed by atoms with E-state index < -0.39 is 5.91 Å². The zero-order chi connectivity index (χ0) is 15.4. The van der Waals surface area contributed by atoms with Gasteiger partial charge in [-0.25, -0.2) is 0 Å². The Hall–Kier alpha value is -1.92. The number of hydrogen-bond acceptors (Lipinski definition) is 2. The SMILES string of the molecule is Cc1ccc(NC(=O)C[n+]2cccc(C(N)=O)c2)c(Br)c1.[Cl-]. The Morgan fingerprint density at radius 3 is 2.68 bits per heavy atom. The number of pyridine rings is 1. The minimum atomic E-state index is -0.522. The number of rotatable bonds is 4. The average Bonchev–Trinajstić information content (AvgIpc) is 2.42. The van der Waals surface area contributed by atoms with Crippen LogP contribution in [0.25, 0.3) is 0 Å². The van der Waals surface area contributed by atoms with Crippen LogP contribution in [0, 0.1) is 6.92 Å². The Labute approximate surface area is 143 Å². The third-order valence-corrected chi connectivity index (χ3v) is 3.52. The molecule has 0 radical (unpaired) electrons. The van der Waals surface area contributed by atoms with Crippen molar-refractivity contribution in [2.24, 2.45) is 5.73 Å². The number of nitrogens with one attached hydrogen (secondary N) is 1. The molecule has 7 heteroatoms. The lowest BCUT2D eigenvalue weighted by atomic mass is 10.2. The fourth-order valence-electron chi connectivity index (χ4n) is 1.84. The molecule has 1 aromatic heterocycles. The van der Waals surface area contributed by atoms with Gasteiger partial charge in [0.15, 0.2) is 12.4 Å². The van der Waals surface area contributed by atoms with Crippen molar-refractivity contribution in [3.63, 3.8) is 0 Å². The van der Waals surface area contributed by atoms with Crippen LogP contribution in [-0.2, 0) is 11.3 Å². The molecule has 0 spiro atoms. The van der Waals surface area contributed by atoms with Crippen molar-refractivity contribution in [3.8, 4) is 0 Å². The Balaban J connectivity index is 0.00000242. The van der Waals surface area contributed by atoms with Crippen LogP contribution in [-0.4, -0.2) is 11.8 Å². The molecule has 0 fully saturated rings. The van der Waals surface area contributed by atoms with Crippen molar-refractivity contribution >= 4 is 33.4 Å². The van der Waals surface area contributed by atoms with Crippen LogP contribution in [0.4, 0.5) is 5.69 Å². The Bertz CT molecular complexity index is 707. The summed E-state index contributed by atoms with van der Waals surface area (Å²) in [5, 5.41) is 2.81. The number of aryl methyl sites for hydroxylation is 1. The number of anilines is 1. The van der Waals surface area contributed by atoms with E-state index in [1.807, 2.05) is 25.1 Å². The van der Waals surface area contributed by atoms with Gasteiger partial charge >= 0.3 is 0 Å². The maximum atomic E-state index is 12.0. The van der Waals surface area contributed by atoms with E-state index in [1.54, 1.807) is 29.1 Å². The lowest BCUT2D eigenvalue weighted by Gasteiger charge is -2.06. The summed E-state index contributed by atoms with van der Waals surface area (Å²) in [6.07, 6.45) is 3.25. The van der Waals surface area contributed by atoms with Crippen LogP contribution in [0.3, 0.4) is 0 Å². The van der Waals surface area contributed by atoms with E-state index in [9.17, 15) is 9.59 Å². The van der Waals surface area contributed by atoms with Crippen molar-refractivity contribution in [2.75, 3.05) is 5.32 Å². The van der Waals surface area contributed by atoms with Gasteiger partial charge in [0.05, 0.1) is 5.69 Å². The lowest BCUT2D eigenvalue weighted by molar-refractivity contribution is -0.684. The van der Waals surface area contributed by atoms with E-state index in [2.05, 4.69) is 21.2 Å². The van der Waals surface area contributed by atoms with E-state index in [-0.39, 0.29) is 24.9 Å². The third kappa shape index (κ3) is 4.82. The molecule has 0 aliphatic rings. The molecule has 0 saturated heterocycles. The van der Waals surface area contributed by atoms with Crippen molar-refractivity contribution < 1.29 is 26.6 Å². The van der Waals surface area contributed by atoms with Crippen LogP contribution < -0.4 is 28.0 Å². The summed E-state index contributed by atoms with van der Waals surface area (Å²) in [5.41, 5.74) is 7.38. The second-order valence-corrected chi connectivity index (χ2v) is 5.52. The van der Waals surface area contributed by atoms with E-state index in [1.165, 1.54) is 0 Å². The first-order chi connectivity index (χ1) is 9.95. The summed E-state index contributed by atoms with van der Waals surface area (Å²) < 4.78 is 2.43. The third-order valence-electron chi connectivity index (χ3n) is 2.87. The quantitative estimate of drug-likeness (QED) is 0.649. The molecule has 116 valence electrons. The lowest BCUT2D eigenvalue weighted by Crippen LogP contribution is -3.00. The Morgan fingerprint density at radius 2 is 2.05 bits per heavy atom. The highest BCUT2D eigenvalue weighted by atomic mass is 79.9. The molecule has 0 unspecified atom stereocenters. The first-order valence-electron chi connectivity index (χ1n) is 6.30. The molecule has 1 aromatic carbocycles. The summed E-state index contributed by atoms with van der Waals surface area (Å²) in [7, 11) is 0. The topological polar surface area (TPSA) is 76.1 Å². The molecule has 0 aliphatic carbocycles. The van der Waals surface area contributed by atoms with Gasteiger partial charge in [-0.05, 0) is 46.6 Å². The van der Waals surface area contributed by atoms with Crippen molar-refractivity contribution in [1.82, 2.24) is 0 Å². The Morgan fingerprint density at radius 1 is 1.32 bits per heavy atom. The second kappa shape index (κ2) is 7.91. The van der Waals surface area contributed by atoms with Crippen LogP contribution >= 0.6 is 15.9 Å². The van der Waals surface area contributed by atoms with Crippen LogP contribution in [0.5, 0.6) is 0 Å². The number of aromatic nitrogens is 1. The van der Waals surface area contributed by atoms with E-state index >= 15 is 0 Å². The van der Waals surface area contributed by atoms with Crippen molar-refractivity contribution in [1.29, 1.82) is 0 Å². The number of primary amides is 1. The molecule has 2 aromatic rings. The maximum absolute atomic E-state index is 12.0. The monoisotopic (exact) mass is 383 g/mol. The molecule has 0 saturated carbocycles. The zero-order valence-corrected chi connectivity index (χ0v) is 14.2. The van der Waals surface area contributed by atoms with Gasteiger partial charge in [0.25, 0.3) is 11.8 Å². The normalized spacial score (nSPS) is 9.73. The standard InChI is InChI=1S/C15H14BrN3O2.ClH/c1-10-4-5-13(12(16)7-10)18-14(20)9-19-6-2-3-11(8-19)15(17)21;/h2-8H,9H2,1H3,(H2-,17,18,20,21);1H. The molecular formula is C15H15BrClN3O2. The molecule has 0 bridgehead atoms. The van der Waals surface area contributed by atoms with E-state index in [0.29, 0.717) is 11.3 Å². The summed E-state index contributed by atoms with van der Waals surface area (Å²) >= 11 is 3.41. The number of carbonyl (C=O) groups is 2. The minimum absolute atomic E-state index is 0. The molecule has 0 aliphatic heterocycles. The highest BCUT2D eigenvalue weighted by Crippen LogP contribution is 2.23. The molecule has 22 heavy (non-hydrogen) atoms. The van der Waals surface area contributed by atoms with Gasteiger partial charge in [-0.1, -0.05) is 6.07 Å². The summed E-state index contributed by atoms with van der Waals surface area (Å²) in [6.45, 7) is 2.07. The van der Waals surface area contributed by atoms with Gasteiger partial charge in [0.1, 0.15) is 5.56 Å². The molecule has 2 amide bonds. The number of benzene rings is 1. The zero-order valence-electron chi connectivity index (χ0n) is 11.8. The van der Waals surface area contributed by atoms with Crippen LogP contribution in [0.1, 0.15) is 15.9 Å². The number of amides is 2. The Kier molecular flexibility index (Phi) is 6.52. The number of nitrogens with two attached hydrogens (primary N) is 1. The number of carbonyl (C=O) groups excluding carboxylic acids is 2. The molecule has 0 atom stereocenters. The van der Waals surface area contributed by atoms with Crippen molar-refractivity contribution in [3.05, 3.63) is 58.3 Å². The minimum Gasteiger partial charge on any atom is -1.00 e. The average molecular weight is 385 g/mol. The van der Waals surface area contributed by atoms with E-state index in [0.717, 1.165) is 10.0 Å². The first kappa shape index (κ1) is 18.1. The highest BCUT2D eigenvalue weighted by molar-refractivity contribution is 9.10. The van der Waals surface area contributed by atoms with E-state index in [4.69, 9.17) is 5.73 Å². The van der Waals surface area contributed by atoms with Gasteiger partial charge in [0.2, 0.25) is 6.54 Å². The summed E-state index contributed by atoms with van der Waals surface area (Å²) in [4.78, 5) is 23.1. The molecule has 2 rings (SSSR count). The highest BCUT2D eigenvalue weighted by Gasteiger charge is 2.13. The van der Waals surface area contributed by atoms with Gasteiger partial charge in [0, 0.05) is 10.5 Å². The van der Waals surface area contributed by atoms with Gasteiger partial charge in [-0.3, -0.25) is 9.59 Å². The smallest absolute Gasteiger partial charge is 0.290 e. The largest absolute Gasteiger partial charge is 1.00 e. The maximum Gasteiger partial charge on any atom is 0.290 e. The number of hydrogen-bond donors (Lipinski definition) is 2. The second-order valence-electron chi connectivity index (χ2n) is 4.66. The summed E-state index contributed by atoms with van der Waals surface area (Å²) in [5.74, 6) is -0.711. The molecular weight excluding hydrogens is 370 g/mol. The predicted molar refractivity (Wildman–Crippen MR) is 82.7 cm³/mol. The number of halogens is 2. The molecule has 5 nitrogen and oxygen atoms in total. The van der Waals surface area contributed by atoms with Gasteiger partial charge in [-0.2, -0.15) is 4.57 Å².